The van der Waals surface area contributed by atoms with E-state index in [2.05, 4.69) is 10.5 Å². The molecule has 29 heavy (non-hydrogen) atoms. The molecule has 1 heterocycles. The third kappa shape index (κ3) is 4.99. The first-order chi connectivity index (χ1) is 13.8. The minimum atomic E-state index is -3.73. The topological polar surface area (TPSA) is 88.1 Å². The van der Waals surface area contributed by atoms with Gasteiger partial charge in [-0.2, -0.15) is 9.41 Å². The number of ether oxygens (including phenoxy) is 1. The molecule has 10 heteroatoms. The van der Waals surface area contributed by atoms with Crippen LogP contribution in [0, 0.1) is 5.82 Å². The molecule has 2 aromatic rings. The van der Waals surface area contributed by atoms with Gasteiger partial charge >= 0.3 is 0 Å². The predicted octanol–water partition coefficient (Wildman–Crippen LogP) is 2.65. The fourth-order valence-corrected chi connectivity index (χ4v) is 4.39. The van der Waals surface area contributed by atoms with Crippen molar-refractivity contribution in [1.29, 1.82) is 0 Å². The number of nitrogens with zero attached hydrogens (tertiary/aromatic N) is 2. The molecule has 0 unspecified atom stereocenters. The van der Waals surface area contributed by atoms with E-state index in [4.69, 9.17) is 16.3 Å². The Bertz CT molecular complexity index is 1050. The van der Waals surface area contributed by atoms with Crippen molar-refractivity contribution in [2.24, 2.45) is 5.10 Å². The number of hydrazone groups is 1. The van der Waals surface area contributed by atoms with Crippen LogP contribution >= 0.6 is 11.6 Å². The molecule has 154 valence electrons. The molecule has 0 aromatic heterocycles. The van der Waals surface area contributed by atoms with Crippen molar-refractivity contribution in [3.05, 3.63) is 64.4 Å². The Balaban J connectivity index is 1.78. The van der Waals surface area contributed by atoms with E-state index in [1.165, 1.54) is 53.7 Å². The van der Waals surface area contributed by atoms with Crippen molar-refractivity contribution >= 4 is 33.2 Å². The number of sulfonamides is 1. The first-order valence-corrected chi connectivity index (χ1v) is 10.6. The van der Waals surface area contributed by atoms with E-state index in [1.54, 1.807) is 0 Å². The first-order valence-electron chi connectivity index (χ1n) is 8.77. The second-order valence-electron chi connectivity index (χ2n) is 6.31. The molecule has 0 bridgehead atoms. The molecule has 0 aliphatic carbocycles. The number of amides is 1. The Morgan fingerprint density at radius 2 is 1.93 bits per heavy atom. The van der Waals surface area contributed by atoms with Gasteiger partial charge in [0.05, 0.1) is 23.8 Å². The maximum absolute atomic E-state index is 13.9. The SMILES string of the molecule is CC(=NNC(=O)c1cccc(S(=O)(=O)N2CCOCC2)c1)c1cc(Cl)ccc1F. The van der Waals surface area contributed by atoms with Gasteiger partial charge in [-0.05, 0) is 43.3 Å². The van der Waals surface area contributed by atoms with Crippen molar-refractivity contribution in [2.75, 3.05) is 26.3 Å². The Morgan fingerprint density at radius 3 is 2.66 bits per heavy atom. The molecular weight excluding hydrogens is 421 g/mol. The zero-order valence-electron chi connectivity index (χ0n) is 15.6. The third-order valence-corrected chi connectivity index (χ3v) is 6.48. The molecule has 1 aliphatic heterocycles. The Morgan fingerprint density at radius 1 is 1.21 bits per heavy atom. The summed E-state index contributed by atoms with van der Waals surface area (Å²) in [5.74, 6) is -1.14. The van der Waals surface area contributed by atoms with Crippen LogP contribution in [0.1, 0.15) is 22.8 Å². The lowest BCUT2D eigenvalue weighted by Crippen LogP contribution is -2.40. The third-order valence-electron chi connectivity index (χ3n) is 4.35. The number of carbonyl (C=O) groups is 1. The summed E-state index contributed by atoms with van der Waals surface area (Å²) in [7, 11) is -3.73. The summed E-state index contributed by atoms with van der Waals surface area (Å²) in [4.78, 5) is 12.4. The van der Waals surface area contributed by atoms with Crippen molar-refractivity contribution in [3.63, 3.8) is 0 Å². The number of hydrogen-bond acceptors (Lipinski definition) is 5. The van der Waals surface area contributed by atoms with Crippen LogP contribution in [0.5, 0.6) is 0 Å². The number of rotatable bonds is 5. The highest BCUT2D eigenvalue weighted by Crippen LogP contribution is 2.19. The normalized spacial score (nSPS) is 15.9. The molecule has 1 fully saturated rings. The van der Waals surface area contributed by atoms with Crippen LogP contribution in [0.25, 0.3) is 0 Å². The molecular formula is C19H19ClFN3O4S. The van der Waals surface area contributed by atoms with Gasteiger partial charge in [-0.3, -0.25) is 4.79 Å². The number of morpholine rings is 1. The van der Waals surface area contributed by atoms with Gasteiger partial charge in [-0.15, -0.1) is 0 Å². The van der Waals surface area contributed by atoms with Crippen molar-refractivity contribution in [1.82, 2.24) is 9.73 Å². The maximum Gasteiger partial charge on any atom is 0.271 e. The highest BCUT2D eigenvalue weighted by atomic mass is 35.5. The van der Waals surface area contributed by atoms with E-state index in [1.807, 2.05) is 0 Å². The Labute approximate surface area is 173 Å². The van der Waals surface area contributed by atoms with Crippen LogP contribution in [-0.4, -0.2) is 50.6 Å². The fraction of sp³-hybridized carbons (Fsp3) is 0.263. The lowest BCUT2D eigenvalue weighted by atomic mass is 10.1. The lowest BCUT2D eigenvalue weighted by molar-refractivity contribution is 0.0730. The lowest BCUT2D eigenvalue weighted by Gasteiger charge is -2.26. The largest absolute Gasteiger partial charge is 0.379 e. The summed E-state index contributed by atoms with van der Waals surface area (Å²) in [6, 6.07) is 9.68. The number of benzene rings is 2. The monoisotopic (exact) mass is 439 g/mol. The highest BCUT2D eigenvalue weighted by Gasteiger charge is 2.26. The standard InChI is InChI=1S/C19H19ClFN3O4S/c1-13(17-12-15(20)5-6-18(17)21)22-23-19(25)14-3-2-4-16(11-14)29(26,27)24-7-9-28-10-8-24/h2-6,11-12H,7-10H2,1H3,(H,23,25). The molecule has 0 radical (unpaired) electrons. The fourth-order valence-electron chi connectivity index (χ4n) is 2.77. The minimum absolute atomic E-state index is 0.00800. The Hall–Kier alpha value is -2.33. The van der Waals surface area contributed by atoms with Crippen molar-refractivity contribution in [3.8, 4) is 0 Å². The van der Waals surface area contributed by atoms with Gasteiger partial charge < -0.3 is 4.74 Å². The maximum atomic E-state index is 13.9. The molecule has 0 atom stereocenters. The van der Waals surface area contributed by atoms with Crippen molar-refractivity contribution < 1.29 is 22.3 Å². The van der Waals surface area contributed by atoms with Gasteiger partial charge in [0, 0.05) is 29.2 Å². The second-order valence-corrected chi connectivity index (χ2v) is 8.68. The highest BCUT2D eigenvalue weighted by molar-refractivity contribution is 7.89. The van der Waals surface area contributed by atoms with Crippen LogP contribution in [0.4, 0.5) is 4.39 Å². The second kappa shape index (κ2) is 9.00. The summed E-state index contributed by atoms with van der Waals surface area (Å²) in [6.07, 6.45) is 0. The molecule has 1 N–H and O–H groups in total. The minimum Gasteiger partial charge on any atom is -0.379 e. The van der Waals surface area contributed by atoms with E-state index in [9.17, 15) is 17.6 Å². The summed E-state index contributed by atoms with van der Waals surface area (Å²) in [6.45, 7) is 2.69. The molecule has 0 spiro atoms. The molecule has 1 aliphatic rings. The van der Waals surface area contributed by atoms with Crippen LogP contribution < -0.4 is 5.43 Å². The molecule has 1 saturated heterocycles. The van der Waals surface area contributed by atoms with E-state index < -0.39 is 21.7 Å². The Kier molecular flexibility index (Phi) is 6.63. The van der Waals surface area contributed by atoms with Gasteiger partial charge in [-0.25, -0.2) is 18.2 Å². The summed E-state index contributed by atoms with van der Waals surface area (Å²) in [5, 5.41) is 4.23. The zero-order valence-corrected chi connectivity index (χ0v) is 17.1. The van der Waals surface area contributed by atoms with Gasteiger partial charge in [-0.1, -0.05) is 17.7 Å². The summed E-state index contributed by atoms with van der Waals surface area (Å²) >= 11 is 5.87. The summed E-state index contributed by atoms with van der Waals surface area (Å²) in [5.41, 5.74) is 2.80. The van der Waals surface area contributed by atoms with E-state index in [0.29, 0.717) is 18.2 Å². The average molecular weight is 440 g/mol. The average Bonchev–Trinajstić information content (AvgIpc) is 2.74. The number of carbonyl (C=O) groups excluding carboxylic acids is 1. The van der Waals surface area contributed by atoms with Crippen LogP contribution in [-0.2, 0) is 14.8 Å². The van der Waals surface area contributed by atoms with Gasteiger partial charge in [0.15, 0.2) is 0 Å². The first kappa shape index (κ1) is 21.4. The van der Waals surface area contributed by atoms with E-state index >= 15 is 0 Å². The summed E-state index contributed by atoms with van der Waals surface area (Å²) < 4.78 is 45.9. The predicted molar refractivity (Wildman–Crippen MR) is 107 cm³/mol. The van der Waals surface area contributed by atoms with Crippen LogP contribution in [0.15, 0.2) is 52.5 Å². The van der Waals surface area contributed by atoms with Crippen LogP contribution in [0.3, 0.4) is 0 Å². The molecule has 0 saturated carbocycles. The number of hydrogen-bond donors (Lipinski definition) is 1. The van der Waals surface area contributed by atoms with Crippen molar-refractivity contribution in [2.45, 2.75) is 11.8 Å². The van der Waals surface area contributed by atoms with E-state index in [-0.39, 0.29) is 34.8 Å². The number of halogens is 2. The zero-order chi connectivity index (χ0) is 21.0. The van der Waals surface area contributed by atoms with Gasteiger partial charge in [0.1, 0.15) is 5.82 Å². The molecule has 7 nitrogen and oxygen atoms in total. The van der Waals surface area contributed by atoms with Gasteiger partial charge in [0.25, 0.3) is 5.91 Å². The molecule has 2 aromatic carbocycles. The van der Waals surface area contributed by atoms with E-state index in [0.717, 1.165) is 0 Å². The smallest absolute Gasteiger partial charge is 0.271 e. The molecule has 1 amide bonds. The quantitative estimate of drug-likeness (QED) is 0.573. The van der Waals surface area contributed by atoms with Gasteiger partial charge in [0.2, 0.25) is 10.0 Å². The van der Waals surface area contributed by atoms with Crippen LogP contribution in [0.2, 0.25) is 5.02 Å². The number of nitrogens with one attached hydrogen (secondary N) is 1. The molecule has 3 rings (SSSR count).